The number of nitrogens with zero attached hydrogens (tertiary/aromatic N) is 2. The Labute approximate surface area is 460 Å². The molecule has 1 heterocycles. The van der Waals surface area contributed by atoms with Gasteiger partial charge in [0.05, 0.1) is 27.8 Å². The van der Waals surface area contributed by atoms with Gasteiger partial charge >= 0.3 is 0 Å². The van der Waals surface area contributed by atoms with Gasteiger partial charge in [-0.1, -0.05) is 222 Å². The summed E-state index contributed by atoms with van der Waals surface area (Å²) in [6, 6.07) is 72.5. The Balaban J connectivity index is 1.17. The largest absolute Gasteiger partial charge is 0.308 e. The molecule has 0 bridgehead atoms. The van der Waals surface area contributed by atoms with Gasteiger partial charge in [0.1, 0.15) is 0 Å². The number of rotatable bonds is 8. The third-order valence-electron chi connectivity index (χ3n) is 15.4. The van der Waals surface area contributed by atoms with Crippen molar-refractivity contribution in [3.05, 3.63) is 227 Å². The Morgan fingerprint density at radius 2 is 0.776 bits per heavy atom. The average molecular weight is 1030 g/mol. The van der Waals surface area contributed by atoms with E-state index in [1.54, 1.807) is 11.3 Å². The lowest BCUT2D eigenvalue weighted by Crippen LogP contribution is -2.17. The van der Waals surface area contributed by atoms with Gasteiger partial charge in [0, 0.05) is 32.4 Å². The van der Waals surface area contributed by atoms with Crippen LogP contribution in [0.4, 0.5) is 34.1 Å². The van der Waals surface area contributed by atoms with Crippen molar-refractivity contribution in [1.29, 1.82) is 0 Å². The lowest BCUT2D eigenvalue weighted by Gasteiger charge is -2.33. The molecule has 0 spiro atoms. The summed E-state index contributed by atoms with van der Waals surface area (Å²) >= 11 is 10.0. The molecule has 2 nitrogen and oxygen atoms in total. The van der Waals surface area contributed by atoms with Crippen molar-refractivity contribution in [3.63, 3.8) is 0 Å². The molecule has 1 aromatic heterocycles. The number of fused-ring (bicyclic) bond motifs is 7. The zero-order valence-electron chi connectivity index (χ0n) is 46.2. The van der Waals surface area contributed by atoms with E-state index >= 15 is 0 Å². The Bertz CT molecular complexity index is 3950. The van der Waals surface area contributed by atoms with Gasteiger partial charge in [0.15, 0.2) is 0 Å². The molecular weight excluding hydrogens is 960 g/mol. The highest BCUT2D eigenvalue weighted by Crippen LogP contribution is 2.52. The lowest BCUT2D eigenvalue weighted by atomic mass is 9.84. The zero-order chi connectivity index (χ0) is 53.5. The predicted molar refractivity (Wildman–Crippen MR) is 334 cm³/mol. The van der Waals surface area contributed by atoms with Gasteiger partial charge in [0.25, 0.3) is 0 Å². The van der Waals surface area contributed by atoms with Crippen LogP contribution < -0.4 is 9.80 Å². The number of hydrogen-bond donors (Lipinski definition) is 0. The van der Waals surface area contributed by atoms with E-state index in [2.05, 4.69) is 292 Å². The van der Waals surface area contributed by atoms with Crippen molar-refractivity contribution in [2.45, 2.75) is 105 Å². The van der Waals surface area contributed by atoms with Gasteiger partial charge in [-0.3, -0.25) is 0 Å². The molecule has 0 radical (unpaired) electrons. The maximum Gasteiger partial charge on any atom is 0.0887 e. The minimum atomic E-state index is -0.113. The number of hydrogen-bond acceptors (Lipinski definition) is 3. The monoisotopic (exact) mass is 1030 g/mol. The van der Waals surface area contributed by atoms with Crippen LogP contribution in [0.1, 0.15) is 105 Å². The van der Waals surface area contributed by atoms with Gasteiger partial charge in [-0.25, -0.2) is 0 Å². The van der Waals surface area contributed by atoms with E-state index < -0.39 is 0 Å². The van der Waals surface area contributed by atoms with Crippen LogP contribution in [0.25, 0.3) is 64.7 Å². The summed E-state index contributed by atoms with van der Waals surface area (Å²) < 4.78 is 1.24. The molecule has 0 aliphatic heterocycles. The predicted octanol–water partition coefficient (Wildman–Crippen LogP) is 22.5. The quantitative estimate of drug-likeness (QED) is 0.140. The van der Waals surface area contributed by atoms with Crippen LogP contribution in [-0.4, -0.2) is 0 Å². The molecule has 0 fully saturated rings. The molecule has 11 aromatic rings. The minimum absolute atomic E-state index is 0.0277. The van der Waals surface area contributed by atoms with Crippen LogP contribution in [0.15, 0.2) is 200 Å². The third kappa shape index (κ3) is 9.48. The third-order valence-corrected chi connectivity index (χ3v) is 16.8. The molecule has 4 heteroatoms. The Morgan fingerprint density at radius 3 is 1.36 bits per heavy atom. The van der Waals surface area contributed by atoms with E-state index in [0.29, 0.717) is 5.02 Å². The second kappa shape index (κ2) is 19.1. The fourth-order valence-electron chi connectivity index (χ4n) is 10.9. The van der Waals surface area contributed by atoms with E-state index in [1.165, 1.54) is 70.2 Å². The van der Waals surface area contributed by atoms with Crippen LogP contribution >= 0.6 is 22.9 Å². The molecule has 10 aromatic carbocycles. The molecule has 0 atom stereocenters. The summed E-state index contributed by atoms with van der Waals surface area (Å²) in [6.45, 7) is 27.4. The first kappa shape index (κ1) is 51.0. The zero-order valence-corrected chi connectivity index (χ0v) is 47.8. The second-order valence-electron chi connectivity index (χ2n) is 24.9. The van der Waals surface area contributed by atoms with E-state index in [9.17, 15) is 0 Å². The van der Waals surface area contributed by atoms with Crippen molar-refractivity contribution in [2.24, 2.45) is 0 Å². The highest BCUT2D eigenvalue weighted by Gasteiger charge is 2.29. The smallest absolute Gasteiger partial charge is 0.0887 e. The summed E-state index contributed by atoms with van der Waals surface area (Å²) in [5.41, 5.74) is 15.6. The summed E-state index contributed by atoms with van der Waals surface area (Å²) in [5, 5.41) is 11.7. The number of halogens is 1. The standard InChI is InChI=1S/C72H69ClN2S/c1-69(2,3)49-32-27-46(28-33-49)47-29-36-53(37-30-47)74(63-39-34-51(71(7,8)9)43-60(63)48-31-38-59-57-23-14-13-21-55(57)56-22-15-16-24-58(56)61(59)41-48)64-25-18-26-65(68(64)73)75(54-20-17-19-50(42-54)70(4,5)6)66-45-76-67-40-35-52(44-62(66)67)72(10,11)12/h13-45H,1-12H3. The molecule has 0 saturated heterocycles. The van der Waals surface area contributed by atoms with E-state index in [4.69, 9.17) is 11.6 Å². The first-order valence-corrected chi connectivity index (χ1v) is 28.1. The molecule has 11 rings (SSSR count). The van der Waals surface area contributed by atoms with Crippen molar-refractivity contribution in [3.8, 4) is 22.3 Å². The summed E-state index contributed by atoms with van der Waals surface area (Å²) in [4.78, 5) is 4.80. The number of benzene rings is 10. The molecular formula is C72H69ClN2S. The normalized spacial score (nSPS) is 12.5. The van der Waals surface area contributed by atoms with Crippen LogP contribution in [-0.2, 0) is 21.7 Å². The van der Waals surface area contributed by atoms with Crippen molar-refractivity contribution in [2.75, 3.05) is 9.80 Å². The molecule has 380 valence electrons. The molecule has 0 N–H and O–H groups in total. The molecule has 76 heavy (non-hydrogen) atoms. The topological polar surface area (TPSA) is 6.48 Å². The first-order chi connectivity index (χ1) is 36.1. The van der Waals surface area contributed by atoms with Gasteiger partial charge in [-0.15, -0.1) is 11.3 Å². The molecule has 0 saturated carbocycles. The van der Waals surface area contributed by atoms with E-state index in [-0.39, 0.29) is 21.7 Å². The van der Waals surface area contributed by atoms with Crippen LogP contribution in [0, 0.1) is 0 Å². The Kier molecular flexibility index (Phi) is 12.8. The molecule has 0 aliphatic rings. The minimum Gasteiger partial charge on any atom is -0.308 e. The van der Waals surface area contributed by atoms with Gasteiger partial charge in [0.2, 0.25) is 0 Å². The average Bonchev–Trinajstić information content (AvgIpc) is 3.84. The fourth-order valence-corrected chi connectivity index (χ4v) is 12.1. The van der Waals surface area contributed by atoms with Crippen molar-refractivity contribution < 1.29 is 0 Å². The molecule has 0 amide bonds. The van der Waals surface area contributed by atoms with Gasteiger partial charge in [-0.2, -0.15) is 0 Å². The maximum absolute atomic E-state index is 8.25. The summed E-state index contributed by atoms with van der Waals surface area (Å²) in [7, 11) is 0. The fraction of sp³-hybridized carbons (Fsp3) is 0.222. The Hall–Kier alpha value is -7.17. The van der Waals surface area contributed by atoms with Crippen LogP contribution in [0.3, 0.4) is 0 Å². The second-order valence-corrected chi connectivity index (χ2v) is 26.2. The SMILES string of the molecule is CC(C)(C)c1ccc(-c2ccc(N(c3ccc(C(C)(C)C)cc3-c3ccc4c5ccccc5c5ccccc5c4c3)c3cccc(N(c4cccc(C(C)(C)C)c4)c4csc5ccc(C(C)(C)C)cc45)c3Cl)cc2)cc1. The lowest BCUT2D eigenvalue weighted by molar-refractivity contribution is 0.590. The molecule has 0 unspecified atom stereocenters. The van der Waals surface area contributed by atoms with E-state index in [0.717, 1.165) is 50.8 Å². The molecule has 0 aliphatic carbocycles. The number of anilines is 6. The summed E-state index contributed by atoms with van der Waals surface area (Å²) in [6.07, 6.45) is 0. The highest BCUT2D eigenvalue weighted by molar-refractivity contribution is 7.17. The van der Waals surface area contributed by atoms with Gasteiger partial charge in [-0.05, 0) is 160 Å². The van der Waals surface area contributed by atoms with E-state index in [1.807, 2.05) is 0 Å². The van der Waals surface area contributed by atoms with Crippen molar-refractivity contribution in [1.82, 2.24) is 0 Å². The van der Waals surface area contributed by atoms with Crippen LogP contribution in [0.2, 0.25) is 5.02 Å². The van der Waals surface area contributed by atoms with Crippen molar-refractivity contribution >= 4 is 99.5 Å². The maximum atomic E-state index is 8.25. The highest BCUT2D eigenvalue weighted by atomic mass is 35.5. The van der Waals surface area contributed by atoms with Gasteiger partial charge < -0.3 is 9.80 Å². The first-order valence-electron chi connectivity index (χ1n) is 26.8. The Morgan fingerprint density at radius 1 is 0.316 bits per heavy atom. The van der Waals surface area contributed by atoms with Crippen LogP contribution in [0.5, 0.6) is 0 Å². The summed E-state index contributed by atoms with van der Waals surface area (Å²) in [5.74, 6) is 0. The number of thiophene rings is 1.